The summed E-state index contributed by atoms with van der Waals surface area (Å²) in [7, 11) is -15.6. The summed E-state index contributed by atoms with van der Waals surface area (Å²) in [5.74, 6) is 0. The Labute approximate surface area is 183 Å². The molecule has 0 rings (SSSR count). The molecule has 0 fully saturated rings. The molecule has 0 aliphatic rings. The van der Waals surface area contributed by atoms with Crippen LogP contribution in [0.1, 0.15) is 0 Å². The molecule has 0 aromatic rings. The summed E-state index contributed by atoms with van der Waals surface area (Å²) in [5.41, 5.74) is 0. The molecule has 2 radical (unpaired) electrons. The van der Waals surface area contributed by atoms with E-state index in [9.17, 15) is 0 Å². The molecule has 0 spiro atoms. The summed E-state index contributed by atoms with van der Waals surface area (Å²) < 4.78 is 43.7. The van der Waals surface area contributed by atoms with Gasteiger partial charge in [-0.3, -0.25) is 22.3 Å². The first-order valence-electron chi connectivity index (χ1n) is 3.26. The molecular formula is H12O16Si5V2Zr. The first-order valence-corrected chi connectivity index (χ1v) is 9.77. The molecule has 0 saturated heterocycles. The summed E-state index contributed by atoms with van der Waals surface area (Å²) in [6, 6.07) is 0. The Morgan fingerprint density at radius 1 is 0.375 bits per heavy atom. The third-order valence-corrected chi connectivity index (χ3v) is 0. The van der Waals surface area contributed by atoms with Crippen molar-refractivity contribution in [3.05, 3.63) is 0 Å². The van der Waals surface area contributed by atoms with E-state index >= 15 is 0 Å². The average molecular weight is 602 g/mol. The molecule has 24 heteroatoms. The Morgan fingerprint density at radius 2 is 0.375 bits per heavy atom. The van der Waals surface area contributed by atoms with Crippen molar-refractivity contribution in [1.82, 2.24) is 0 Å². The van der Waals surface area contributed by atoms with E-state index in [1.807, 2.05) is 0 Å². The topological polar surface area (TPSA) is 319 Å². The van der Waals surface area contributed by atoms with Gasteiger partial charge < -0.3 is 53.4 Å². The largest absolute Gasteiger partial charge is 0.761 e. The van der Waals surface area contributed by atoms with Crippen LogP contribution in [0, 0.1) is 0 Å². The van der Waals surface area contributed by atoms with E-state index in [1.54, 1.807) is 0 Å². The van der Waals surface area contributed by atoms with Crippen molar-refractivity contribution in [1.29, 1.82) is 0 Å². The van der Waals surface area contributed by atoms with E-state index in [0.717, 1.165) is 0 Å². The van der Waals surface area contributed by atoms with Gasteiger partial charge in [0, 0.05) is 63.3 Å². The number of hydrogen-bond acceptors (Lipinski definition) is 5. The van der Waals surface area contributed by atoms with Crippen molar-refractivity contribution in [3.63, 3.8) is 0 Å². The molecule has 0 saturated carbocycles. The van der Waals surface area contributed by atoms with Crippen LogP contribution >= 0.6 is 0 Å². The van der Waals surface area contributed by atoms with Crippen LogP contribution in [0.2, 0.25) is 0 Å². The predicted molar refractivity (Wildman–Crippen MR) is 58.0 cm³/mol. The van der Waals surface area contributed by atoms with E-state index < -0.39 is 45.9 Å². The van der Waals surface area contributed by atoms with Gasteiger partial charge in [0.2, 0.25) is 0 Å². The van der Waals surface area contributed by atoms with Gasteiger partial charge in [-0.25, -0.2) is 0 Å². The average Bonchev–Trinajstić information content (AvgIpc) is 1.94. The normalized spacial score (nSPS) is 5.00. The van der Waals surface area contributed by atoms with Crippen LogP contribution in [-0.4, -0.2) is 99.3 Å². The van der Waals surface area contributed by atoms with Crippen LogP contribution in [0.5, 0.6) is 0 Å². The standard InChI is InChI=1S/5H2O3Si.H2O.2V.Zr/c5*1-4(2)3;;;;/h5*1-2H;1H2;;;. The number of hydrogen-bond donors (Lipinski definition) is 10. The molecule has 0 amide bonds. The summed E-state index contributed by atoms with van der Waals surface area (Å²) >= 11 is 0. The van der Waals surface area contributed by atoms with Crippen LogP contribution in [0.15, 0.2) is 0 Å². The first-order chi connectivity index (χ1) is 8.66. The summed E-state index contributed by atoms with van der Waals surface area (Å²) in [6.07, 6.45) is 0. The van der Waals surface area contributed by atoms with Crippen LogP contribution in [0.4, 0.5) is 0 Å². The minimum Gasteiger partial charge on any atom is -0.511 e. The zero-order valence-electron chi connectivity index (χ0n) is 10.9. The molecule has 0 aliphatic carbocycles. The second kappa shape index (κ2) is 49.5. The van der Waals surface area contributed by atoms with Crippen LogP contribution in [-0.2, 0) is 85.6 Å². The monoisotopic (exact) mass is 600 g/mol. The fourth-order valence-electron chi connectivity index (χ4n) is 0. The Balaban J connectivity index is -0.0000000161. The van der Waals surface area contributed by atoms with Gasteiger partial charge in [-0.05, 0) is 0 Å². The van der Waals surface area contributed by atoms with E-state index in [2.05, 4.69) is 0 Å². The molecule has 24 heavy (non-hydrogen) atoms. The molecule has 0 bridgehead atoms. The van der Waals surface area contributed by atoms with Gasteiger partial charge >= 0.3 is 45.9 Å². The SMILES string of the molecule is O.O=[Si](O)O.O=[Si](O)O.O=[Si](O)O.O=[Si](O)O.O=[Si](O)O.[V].[V].[Zr]. The molecular weight excluding hydrogens is 590 g/mol. The zero-order valence-corrected chi connectivity index (χ0v) is 21.2. The van der Waals surface area contributed by atoms with E-state index in [0.29, 0.717) is 0 Å². The van der Waals surface area contributed by atoms with Crippen molar-refractivity contribution in [2.24, 2.45) is 0 Å². The summed E-state index contributed by atoms with van der Waals surface area (Å²) in [4.78, 5) is 71.6. The Kier molecular flexibility index (Phi) is 116. The third kappa shape index (κ3) is 1060000. The van der Waals surface area contributed by atoms with Gasteiger partial charge in [0.25, 0.3) is 0 Å². The summed E-state index contributed by atoms with van der Waals surface area (Å²) in [6.45, 7) is 0. The number of rotatable bonds is 0. The molecule has 0 aromatic carbocycles. The van der Waals surface area contributed by atoms with Crippen molar-refractivity contribution >= 4 is 45.9 Å². The van der Waals surface area contributed by atoms with Gasteiger partial charge in [-0.2, -0.15) is 0 Å². The van der Waals surface area contributed by atoms with Gasteiger partial charge in [0.05, 0.1) is 0 Å². The third-order valence-electron chi connectivity index (χ3n) is 0. The van der Waals surface area contributed by atoms with Crippen LogP contribution in [0.3, 0.4) is 0 Å². The molecule has 0 unspecified atom stereocenters. The molecule has 142 valence electrons. The molecule has 12 N–H and O–H groups in total. The molecule has 0 atom stereocenters. The first kappa shape index (κ1) is 56.4. The maximum absolute atomic E-state index is 8.74. The minimum atomic E-state index is -3.13. The van der Waals surface area contributed by atoms with Crippen LogP contribution < -0.4 is 0 Å². The second-order valence-electron chi connectivity index (χ2n) is 1.41. The van der Waals surface area contributed by atoms with E-state index in [1.165, 1.54) is 0 Å². The Bertz CT molecular complexity index is 217. The van der Waals surface area contributed by atoms with E-state index in [-0.39, 0.29) is 68.8 Å². The molecule has 0 aliphatic heterocycles. The second-order valence-corrected chi connectivity index (χ2v) is 4.24. The molecule has 0 aromatic heterocycles. The van der Waals surface area contributed by atoms with Gasteiger partial charge in [-0.15, -0.1) is 0 Å². The minimum absolute atomic E-state index is 0. The smallest absolute Gasteiger partial charge is 0.511 e. The van der Waals surface area contributed by atoms with Crippen LogP contribution in [0.25, 0.3) is 0 Å². The fraction of sp³-hybridized carbons (Fsp3) is 0. The van der Waals surface area contributed by atoms with E-state index in [4.69, 9.17) is 70.3 Å². The zero-order chi connectivity index (χ0) is 17.9. The van der Waals surface area contributed by atoms with Gasteiger partial charge in [0.15, 0.2) is 0 Å². The fourth-order valence-corrected chi connectivity index (χ4v) is 0. The van der Waals surface area contributed by atoms with Crippen molar-refractivity contribution < 1.29 is 139 Å². The van der Waals surface area contributed by atoms with Crippen molar-refractivity contribution in [3.8, 4) is 0 Å². The van der Waals surface area contributed by atoms with Crippen molar-refractivity contribution in [2.45, 2.75) is 0 Å². The maximum atomic E-state index is 8.74. The predicted octanol–water partition coefficient (Wildman–Crippen LogP) is -8.90. The molecule has 16 nitrogen and oxygen atoms in total. The maximum Gasteiger partial charge on any atom is 0.761 e. The Hall–Kier alpha value is 0.0964. The molecule has 0 heterocycles. The van der Waals surface area contributed by atoms with Gasteiger partial charge in [0.1, 0.15) is 0 Å². The Morgan fingerprint density at radius 3 is 0.375 bits per heavy atom. The summed E-state index contributed by atoms with van der Waals surface area (Å²) in [5, 5.41) is 0. The van der Waals surface area contributed by atoms with Crippen molar-refractivity contribution in [2.75, 3.05) is 0 Å². The van der Waals surface area contributed by atoms with Gasteiger partial charge in [-0.1, -0.05) is 0 Å². The quantitative estimate of drug-likeness (QED) is 0.115.